The normalized spacial score (nSPS) is 17.8. The van der Waals surface area contributed by atoms with E-state index in [-0.39, 0.29) is 18.6 Å². The molecule has 0 spiro atoms. The fraction of sp³-hybridized carbons (Fsp3) is 0.448. The topological polar surface area (TPSA) is 85.6 Å². The van der Waals surface area contributed by atoms with Gasteiger partial charge in [0.05, 0.1) is 30.8 Å². The molecule has 2 aliphatic heterocycles. The molecule has 8 nitrogen and oxygen atoms in total. The Kier molecular flexibility index (Phi) is 7.35. The van der Waals surface area contributed by atoms with Crippen LogP contribution in [0.1, 0.15) is 38.4 Å². The molecule has 0 saturated carbocycles. The SMILES string of the molecule is CSc1nc2c(c(N3CCN(C(=O)OC(C)(C)C)C(CC#N)C3)n1)CCN(c1cccc3ccccc13)C2. The van der Waals surface area contributed by atoms with Gasteiger partial charge in [0.1, 0.15) is 11.4 Å². The average Bonchev–Trinajstić information content (AvgIpc) is 2.91. The van der Waals surface area contributed by atoms with Gasteiger partial charge < -0.3 is 19.4 Å². The summed E-state index contributed by atoms with van der Waals surface area (Å²) in [5.41, 5.74) is 2.85. The Labute approximate surface area is 228 Å². The third kappa shape index (κ3) is 5.37. The van der Waals surface area contributed by atoms with E-state index in [0.29, 0.717) is 26.2 Å². The summed E-state index contributed by atoms with van der Waals surface area (Å²) in [7, 11) is 0. The number of hydrogen-bond acceptors (Lipinski definition) is 8. The molecule has 0 bridgehead atoms. The predicted molar refractivity (Wildman–Crippen MR) is 152 cm³/mol. The van der Waals surface area contributed by atoms with Crippen molar-refractivity contribution in [1.82, 2.24) is 14.9 Å². The second-order valence-corrected chi connectivity index (χ2v) is 11.5. The lowest BCUT2D eigenvalue weighted by atomic mass is 10.0. The predicted octanol–water partition coefficient (Wildman–Crippen LogP) is 5.25. The van der Waals surface area contributed by atoms with Gasteiger partial charge in [-0.05, 0) is 44.9 Å². The summed E-state index contributed by atoms with van der Waals surface area (Å²) in [4.78, 5) is 29.1. The monoisotopic (exact) mass is 530 g/mol. The highest BCUT2D eigenvalue weighted by Crippen LogP contribution is 2.35. The number of amides is 1. The molecular formula is C29H34N6O2S. The lowest BCUT2D eigenvalue weighted by Crippen LogP contribution is -2.56. The molecule has 0 radical (unpaired) electrons. The molecule has 3 heterocycles. The summed E-state index contributed by atoms with van der Waals surface area (Å²) < 4.78 is 5.63. The first kappa shape index (κ1) is 26.1. The van der Waals surface area contributed by atoms with Crippen LogP contribution in [0, 0.1) is 11.3 Å². The van der Waals surface area contributed by atoms with Crippen LogP contribution in [-0.2, 0) is 17.7 Å². The van der Waals surface area contributed by atoms with Crippen molar-refractivity contribution in [3.63, 3.8) is 0 Å². The number of piperazine rings is 1. The maximum atomic E-state index is 12.9. The first-order chi connectivity index (χ1) is 18.3. The summed E-state index contributed by atoms with van der Waals surface area (Å²) in [5, 5.41) is 12.7. The van der Waals surface area contributed by atoms with Gasteiger partial charge in [-0.25, -0.2) is 14.8 Å². The highest BCUT2D eigenvalue weighted by atomic mass is 32.2. The number of carbonyl (C=O) groups is 1. The number of benzene rings is 2. The van der Waals surface area contributed by atoms with Crippen molar-refractivity contribution >= 4 is 40.1 Å². The number of anilines is 2. The van der Waals surface area contributed by atoms with E-state index in [2.05, 4.69) is 58.3 Å². The van der Waals surface area contributed by atoms with E-state index in [0.717, 1.165) is 29.6 Å². The summed E-state index contributed by atoms with van der Waals surface area (Å²) >= 11 is 1.54. The van der Waals surface area contributed by atoms with Crippen LogP contribution in [0.25, 0.3) is 10.8 Å². The van der Waals surface area contributed by atoms with Crippen LogP contribution < -0.4 is 9.80 Å². The molecule has 1 atom stereocenters. The van der Waals surface area contributed by atoms with E-state index in [1.807, 2.05) is 27.0 Å². The largest absolute Gasteiger partial charge is 0.444 e. The van der Waals surface area contributed by atoms with Gasteiger partial charge in [0, 0.05) is 42.8 Å². The zero-order valence-corrected chi connectivity index (χ0v) is 23.3. The molecule has 38 heavy (non-hydrogen) atoms. The van der Waals surface area contributed by atoms with Crippen molar-refractivity contribution in [2.75, 3.05) is 42.2 Å². The Bertz CT molecular complexity index is 1380. The van der Waals surface area contributed by atoms with Gasteiger partial charge >= 0.3 is 6.09 Å². The Hall–Kier alpha value is -3.51. The van der Waals surface area contributed by atoms with Crippen molar-refractivity contribution in [1.29, 1.82) is 5.26 Å². The standard InChI is InChI=1S/C29H34N6O2S/c1-29(2,3)37-28(36)35-17-16-34(18-21(35)12-14-30)26-23-13-15-33(19-24(23)31-27(32-26)38-4)25-11-7-9-20-8-5-6-10-22(20)25/h5-11,21H,12-13,15-19H2,1-4H3. The third-order valence-electron chi connectivity index (χ3n) is 7.05. The van der Waals surface area contributed by atoms with Gasteiger partial charge in [-0.2, -0.15) is 5.26 Å². The quantitative estimate of drug-likeness (QED) is 0.334. The minimum Gasteiger partial charge on any atom is -0.444 e. The van der Waals surface area contributed by atoms with Crippen LogP contribution in [0.3, 0.4) is 0 Å². The third-order valence-corrected chi connectivity index (χ3v) is 7.60. The molecule has 198 valence electrons. The molecule has 1 saturated heterocycles. The number of thioether (sulfide) groups is 1. The summed E-state index contributed by atoms with van der Waals surface area (Å²) in [6.45, 7) is 8.82. The second kappa shape index (κ2) is 10.7. The van der Waals surface area contributed by atoms with E-state index < -0.39 is 5.60 Å². The van der Waals surface area contributed by atoms with E-state index in [1.165, 1.54) is 33.8 Å². The van der Waals surface area contributed by atoms with Gasteiger partial charge in [-0.1, -0.05) is 48.2 Å². The fourth-order valence-corrected chi connectivity index (χ4v) is 5.70. The molecule has 1 amide bonds. The van der Waals surface area contributed by atoms with Crippen LogP contribution in [0.15, 0.2) is 47.6 Å². The molecule has 0 aliphatic carbocycles. The van der Waals surface area contributed by atoms with E-state index in [9.17, 15) is 10.1 Å². The Morgan fingerprint density at radius 1 is 1.11 bits per heavy atom. The number of rotatable bonds is 4. The maximum Gasteiger partial charge on any atom is 0.410 e. The number of aromatic nitrogens is 2. The van der Waals surface area contributed by atoms with Crippen LogP contribution in [0.5, 0.6) is 0 Å². The first-order valence-corrected chi connectivity index (χ1v) is 14.3. The number of hydrogen-bond donors (Lipinski definition) is 0. The number of ether oxygens (including phenoxy) is 1. The van der Waals surface area contributed by atoms with Crippen LogP contribution in [0.4, 0.5) is 16.3 Å². The molecule has 1 fully saturated rings. The average molecular weight is 531 g/mol. The minimum absolute atomic E-state index is 0.243. The number of nitrogens with zero attached hydrogens (tertiary/aromatic N) is 6. The first-order valence-electron chi connectivity index (χ1n) is 13.1. The number of fused-ring (bicyclic) bond motifs is 2. The van der Waals surface area contributed by atoms with Crippen molar-refractivity contribution in [2.24, 2.45) is 0 Å². The van der Waals surface area contributed by atoms with E-state index >= 15 is 0 Å². The maximum absolute atomic E-state index is 12.9. The molecular weight excluding hydrogens is 496 g/mol. The Morgan fingerprint density at radius 3 is 2.66 bits per heavy atom. The number of carbonyl (C=O) groups excluding carboxylic acids is 1. The molecule has 0 N–H and O–H groups in total. The molecule has 3 aromatic rings. The lowest BCUT2D eigenvalue weighted by Gasteiger charge is -2.42. The van der Waals surface area contributed by atoms with Crippen LogP contribution in [-0.4, -0.2) is 65.0 Å². The van der Waals surface area contributed by atoms with Gasteiger partial charge in [0.2, 0.25) is 0 Å². The highest BCUT2D eigenvalue weighted by Gasteiger charge is 2.35. The van der Waals surface area contributed by atoms with Crippen molar-refractivity contribution < 1.29 is 9.53 Å². The summed E-state index contributed by atoms with van der Waals surface area (Å²) in [5.74, 6) is 0.934. The van der Waals surface area contributed by atoms with Crippen molar-refractivity contribution in [3.05, 3.63) is 53.7 Å². The molecule has 9 heteroatoms. The van der Waals surface area contributed by atoms with E-state index in [1.54, 1.807) is 4.90 Å². The molecule has 5 rings (SSSR count). The molecule has 1 aromatic heterocycles. The zero-order chi connectivity index (χ0) is 26.9. The van der Waals surface area contributed by atoms with Gasteiger partial charge in [-0.3, -0.25) is 0 Å². The summed E-state index contributed by atoms with van der Waals surface area (Å²) in [6.07, 6.45) is 2.71. The molecule has 1 unspecified atom stereocenters. The van der Waals surface area contributed by atoms with Gasteiger partial charge in [0.25, 0.3) is 0 Å². The van der Waals surface area contributed by atoms with Gasteiger partial charge in [-0.15, -0.1) is 0 Å². The highest BCUT2D eigenvalue weighted by molar-refractivity contribution is 7.98. The van der Waals surface area contributed by atoms with Gasteiger partial charge in [0.15, 0.2) is 5.16 Å². The Balaban J connectivity index is 1.43. The minimum atomic E-state index is -0.583. The van der Waals surface area contributed by atoms with Crippen LogP contribution in [0.2, 0.25) is 0 Å². The fourth-order valence-electron chi connectivity index (χ4n) is 5.32. The summed E-state index contributed by atoms with van der Waals surface area (Å²) in [6, 6.07) is 16.9. The Morgan fingerprint density at radius 2 is 1.89 bits per heavy atom. The van der Waals surface area contributed by atoms with Crippen molar-refractivity contribution in [2.45, 2.75) is 57.0 Å². The second-order valence-electron chi connectivity index (χ2n) is 10.8. The molecule has 2 aromatic carbocycles. The molecule has 2 aliphatic rings. The number of nitriles is 1. The van der Waals surface area contributed by atoms with Crippen LogP contribution >= 0.6 is 11.8 Å². The van der Waals surface area contributed by atoms with E-state index in [4.69, 9.17) is 14.7 Å². The zero-order valence-electron chi connectivity index (χ0n) is 22.5. The van der Waals surface area contributed by atoms with Crippen molar-refractivity contribution in [3.8, 4) is 6.07 Å². The smallest absolute Gasteiger partial charge is 0.410 e. The lowest BCUT2D eigenvalue weighted by molar-refractivity contribution is 0.0144.